The van der Waals surface area contributed by atoms with E-state index in [0.717, 1.165) is 32.2 Å². The molecule has 0 spiro atoms. The lowest BCUT2D eigenvalue weighted by molar-refractivity contribution is -0.0305. The average Bonchev–Trinajstić information content (AvgIpc) is 2.63. The molecule has 3 nitrogen and oxygen atoms in total. The molecule has 1 fully saturated rings. The van der Waals surface area contributed by atoms with Crippen LogP contribution in [0.5, 0.6) is 0 Å². The smallest absolute Gasteiger partial charge is 0.0607 e. The number of nitrogens with two attached hydrogens (primary N) is 1. The summed E-state index contributed by atoms with van der Waals surface area (Å²) in [6.07, 6.45) is 9.34. The first-order chi connectivity index (χ1) is 6.78. The van der Waals surface area contributed by atoms with E-state index in [-0.39, 0.29) is 5.54 Å². The summed E-state index contributed by atoms with van der Waals surface area (Å²) < 4.78 is 5.30. The highest BCUT2D eigenvalue weighted by atomic mass is 16.5. The highest BCUT2D eigenvalue weighted by Crippen LogP contribution is 2.34. The fraction of sp³-hybridized carbons (Fsp3) is 0.818. The third-order valence-corrected chi connectivity index (χ3v) is 3.48. The molecule has 0 aliphatic heterocycles. The van der Waals surface area contributed by atoms with Crippen molar-refractivity contribution in [3.63, 3.8) is 0 Å². The lowest BCUT2D eigenvalue weighted by Gasteiger charge is -2.48. The van der Waals surface area contributed by atoms with Crippen molar-refractivity contribution in [2.75, 3.05) is 13.7 Å². The molecule has 2 aliphatic carbocycles. The van der Waals surface area contributed by atoms with Gasteiger partial charge in [0.2, 0.25) is 0 Å². The van der Waals surface area contributed by atoms with Crippen LogP contribution in [0.3, 0.4) is 0 Å². The van der Waals surface area contributed by atoms with Gasteiger partial charge in [0.25, 0.3) is 0 Å². The van der Waals surface area contributed by atoms with Crippen LogP contribution in [0.15, 0.2) is 12.2 Å². The normalized spacial score (nSPS) is 37.4. The first-order valence-corrected chi connectivity index (χ1v) is 5.43. The Morgan fingerprint density at radius 2 is 2.07 bits per heavy atom. The van der Waals surface area contributed by atoms with Crippen LogP contribution >= 0.6 is 0 Å². The third kappa shape index (κ3) is 1.85. The van der Waals surface area contributed by atoms with E-state index in [4.69, 9.17) is 10.5 Å². The van der Waals surface area contributed by atoms with E-state index in [1.807, 2.05) is 0 Å². The molecule has 0 aromatic rings. The van der Waals surface area contributed by atoms with Crippen LogP contribution in [-0.4, -0.2) is 31.3 Å². The largest absolute Gasteiger partial charge is 0.381 e. The molecular weight excluding hydrogens is 176 g/mol. The maximum atomic E-state index is 5.83. The first-order valence-electron chi connectivity index (χ1n) is 5.43. The van der Waals surface area contributed by atoms with Crippen LogP contribution in [-0.2, 0) is 4.74 Å². The Kier molecular flexibility index (Phi) is 2.91. The lowest BCUT2D eigenvalue weighted by atomic mass is 9.73. The number of rotatable bonds is 4. The molecule has 0 atom stereocenters. The number of methoxy groups -OCH3 is 1. The quantitative estimate of drug-likeness (QED) is 0.654. The first kappa shape index (κ1) is 10.1. The summed E-state index contributed by atoms with van der Waals surface area (Å²) in [4.78, 5) is 0. The van der Waals surface area contributed by atoms with Gasteiger partial charge in [0.05, 0.1) is 6.10 Å². The molecule has 0 aromatic heterocycles. The zero-order valence-electron chi connectivity index (χ0n) is 8.83. The molecule has 0 aromatic carbocycles. The second-order valence-corrected chi connectivity index (χ2v) is 4.53. The monoisotopic (exact) mass is 196 g/mol. The van der Waals surface area contributed by atoms with Crippen molar-refractivity contribution in [2.45, 2.75) is 43.4 Å². The maximum absolute atomic E-state index is 5.83. The molecule has 3 heteroatoms. The Morgan fingerprint density at radius 3 is 2.57 bits per heavy atom. The van der Waals surface area contributed by atoms with E-state index in [2.05, 4.69) is 17.5 Å². The van der Waals surface area contributed by atoms with Crippen molar-refractivity contribution in [1.82, 2.24) is 5.32 Å². The van der Waals surface area contributed by atoms with Gasteiger partial charge in [-0.05, 0) is 25.7 Å². The molecule has 0 unspecified atom stereocenters. The van der Waals surface area contributed by atoms with Gasteiger partial charge in [-0.3, -0.25) is 0 Å². The van der Waals surface area contributed by atoms with Crippen LogP contribution in [0.1, 0.15) is 25.7 Å². The van der Waals surface area contributed by atoms with Crippen LogP contribution in [0.4, 0.5) is 0 Å². The number of nitrogens with one attached hydrogen (secondary N) is 1. The number of hydrogen-bond acceptors (Lipinski definition) is 3. The highest BCUT2D eigenvalue weighted by molar-refractivity contribution is 5.07. The Balaban J connectivity index is 1.82. The van der Waals surface area contributed by atoms with Crippen LogP contribution in [0, 0.1) is 0 Å². The third-order valence-electron chi connectivity index (χ3n) is 3.48. The summed E-state index contributed by atoms with van der Waals surface area (Å²) >= 11 is 0. The van der Waals surface area contributed by atoms with E-state index in [0.29, 0.717) is 12.1 Å². The summed E-state index contributed by atoms with van der Waals surface area (Å²) in [6.45, 7) is 0.726. The molecular formula is C11H20N2O. The number of ether oxygens (including phenoxy) is 1. The maximum Gasteiger partial charge on any atom is 0.0607 e. The zero-order chi connectivity index (χ0) is 10.0. The summed E-state index contributed by atoms with van der Waals surface area (Å²) in [5, 5.41) is 3.68. The van der Waals surface area contributed by atoms with Crippen molar-refractivity contribution >= 4 is 0 Å². The van der Waals surface area contributed by atoms with Crippen molar-refractivity contribution in [3.05, 3.63) is 12.2 Å². The van der Waals surface area contributed by atoms with E-state index < -0.39 is 0 Å². The molecule has 0 saturated heterocycles. The summed E-state index contributed by atoms with van der Waals surface area (Å²) in [5.41, 5.74) is 5.99. The van der Waals surface area contributed by atoms with Gasteiger partial charge in [-0.25, -0.2) is 0 Å². The van der Waals surface area contributed by atoms with E-state index in [9.17, 15) is 0 Å². The van der Waals surface area contributed by atoms with Crippen LogP contribution in [0.2, 0.25) is 0 Å². The van der Waals surface area contributed by atoms with Crippen molar-refractivity contribution in [2.24, 2.45) is 5.73 Å². The van der Waals surface area contributed by atoms with Crippen molar-refractivity contribution < 1.29 is 4.74 Å². The molecule has 2 rings (SSSR count). The van der Waals surface area contributed by atoms with Gasteiger partial charge in [0.1, 0.15) is 0 Å². The standard InChI is InChI=1S/C11H20N2O/c1-14-10-6-11(7-10,8-12)13-9-4-2-3-5-9/h2-3,9-10,13H,4-8,12H2,1H3. The molecule has 2 aliphatic rings. The molecule has 1 saturated carbocycles. The fourth-order valence-electron chi connectivity index (χ4n) is 2.49. The second-order valence-electron chi connectivity index (χ2n) is 4.53. The van der Waals surface area contributed by atoms with E-state index >= 15 is 0 Å². The van der Waals surface area contributed by atoms with Gasteiger partial charge < -0.3 is 15.8 Å². The van der Waals surface area contributed by atoms with E-state index in [1.54, 1.807) is 7.11 Å². The summed E-state index contributed by atoms with van der Waals surface area (Å²) in [5.74, 6) is 0. The van der Waals surface area contributed by atoms with Gasteiger partial charge >= 0.3 is 0 Å². The van der Waals surface area contributed by atoms with Crippen LogP contribution < -0.4 is 11.1 Å². The van der Waals surface area contributed by atoms with Crippen molar-refractivity contribution in [3.8, 4) is 0 Å². The lowest BCUT2D eigenvalue weighted by Crippen LogP contribution is -2.64. The molecule has 0 bridgehead atoms. The van der Waals surface area contributed by atoms with E-state index in [1.165, 1.54) is 0 Å². The molecule has 0 radical (unpaired) electrons. The molecule has 3 N–H and O–H groups in total. The Labute approximate surface area is 85.7 Å². The van der Waals surface area contributed by atoms with Gasteiger partial charge in [0, 0.05) is 25.2 Å². The molecule has 0 heterocycles. The SMILES string of the molecule is COC1CC(CN)(NC2CC=CC2)C1. The summed E-state index contributed by atoms with van der Waals surface area (Å²) in [7, 11) is 1.78. The minimum absolute atomic E-state index is 0.164. The predicted octanol–water partition coefficient (Wildman–Crippen LogP) is 0.801. The Hall–Kier alpha value is -0.380. The summed E-state index contributed by atoms with van der Waals surface area (Å²) in [6, 6.07) is 0.608. The zero-order valence-corrected chi connectivity index (χ0v) is 8.83. The average molecular weight is 196 g/mol. The highest BCUT2D eigenvalue weighted by Gasteiger charge is 2.44. The minimum Gasteiger partial charge on any atom is -0.381 e. The topological polar surface area (TPSA) is 47.3 Å². The van der Waals surface area contributed by atoms with Crippen molar-refractivity contribution in [1.29, 1.82) is 0 Å². The Bertz CT molecular complexity index is 213. The van der Waals surface area contributed by atoms with Gasteiger partial charge in [-0.1, -0.05) is 12.2 Å². The van der Waals surface area contributed by atoms with Gasteiger partial charge in [0.15, 0.2) is 0 Å². The molecule has 0 amide bonds. The predicted molar refractivity (Wildman–Crippen MR) is 57.1 cm³/mol. The molecule has 14 heavy (non-hydrogen) atoms. The number of hydrogen-bond donors (Lipinski definition) is 2. The fourth-order valence-corrected chi connectivity index (χ4v) is 2.49. The second kappa shape index (κ2) is 4.01. The Morgan fingerprint density at radius 1 is 1.43 bits per heavy atom. The van der Waals surface area contributed by atoms with Gasteiger partial charge in [-0.15, -0.1) is 0 Å². The van der Waals surface area contributed by atoms with Crippen LogP contribution in [0.25, 0.3) is 0 Å². The minimum atomic E-state index is 0.164. The van der Waals surface area contributed by atoms with Gasteiger partial charge in [-0.2, -0.15) is 0 Å². The molecule has 80 valence electrons.